The van der Waals surface area contributed by atoms with E-state index in [2.05, 4.69) is 5.32 Å². The SMILES string of the molecule is CC(CO)(NC(=O)c1cc2cccc(Cl)c2o1)C1CC1. The first-order valence-corrected chi connectivity index (χ1v) is 7.03. The van der Waals surface area contributed by atoms with E-state index in [0.29, 0.717) is 16.5 Å². The quantitative estimate of drug-likeness (QED) is 0.911. The summed E-state index contributed by atoms with van der Waals surface area (Å²) in [6, 6.07) is 7.04. The minimum atomic E-state index is -0.583. The number of amides is 1. The molecular weight excluding hydrogens is 278 g/mol. The Labute approximate surface area is 121 Å². The summed E-state index contributed by atoms with van der Waals surface area (Å²) in [7, 11) is 0. The number of hydrogen-bond acceptors (Lipinski definition) is 3. The highest BCUT2D eigenvalue weighted by molar-refractivity contribution is 6.34. The minimum absolute atomic E-state index is 0.0790. The van der Waals surface area contributed by atoms with Crippen LogP contribution in [0.25, 0.3) is 11.0 Å². The molecule has 2 N–H and O–H groups in total. The van der Waals surface area contributed by atoms with Crippen molar-refractivity contribution in [3.63, 3.8) is 0 Å². The standard InChI is InChI=1S/C15H16ClNO3/c1-15(8-18,10-5-6-10)17-14(19)12-7-9-3-2-4-11(16)13(9)20-12/h2-4,7,10,18H,5-6,8H2,1H3,(H,17,19). The molecule has 0 aliphatic heterocycles. The molecule has 0 saturated heterocycles. The van der Waals surface area contributed by atoms with E-state index in [-0.39, 0.29) is 18.3 Å². The Kier molecular flexibility index (Phi) is 3.22. The van der Waals surface area contributed by atoms with Crippen LogP contribution in [0.15, 0.2) is 28.7 Å². The van der Waals surface area contributed by atoms with Crippen LogP contribution in [-0.2, 0) is 0 Å². The molecule has 0 radical (unpaired) electrons. The van der Waals surface area contributed by atoms with Gasteiger partial charge in [-0.15, -0.1) is 0 Å². The normalized spacial score (nSPS) is 17.9. The van der Waals surface area contributed by atoms with Gasteiger partial charge in [0.1, 0.15) is 0 Å². The first-order chi connectivity index (χ1) is 9.53. The average Bonchev–Trinajstić information content (AvgIpc) is 3.19. The Bertz CT molecular complexity index is 662. The van der Waals surface area contributed by atoms with Gasteiger partial charge in [0, 0.05) is 5.39 Å². The van der Waals surface area contributed by atoms with E-state index in [0.717, 1.165) is 18.2 Å². The van der Waals surface area contributed by atoms with Crippen molar-refractivity contribution in [1.82, 2.24) is 5.32 Å². The summed E-state index contributed by atoms with van der Waals surface area (Å²) in [4.78, 5) is 12.3. The van der Waals surface area contributed by atoms with E-state index in [1.165, 1.54) is 0 Å². The van der Waals surface area contributed by atoms with Crippen LogP contribution in [0, 0.1) is 5.92 Å². The zero-order valence-corrected chi connectivity index (χ0v) is 11.9. The second kappa shape index (κ2) is 4.79. The third kappa shape index (κ3) is 2.30. The number of rotatable bonds is 4. The van der Waals surface area contributed by atoms with Gasteiger partial charge in [-0.2, -0.15) is 0 Å². The molecule has 106 valence electrons. The molecule has 1 atom stereocenters. The summed E-state index contributed by atoms with van der Waals surface area (Å²) in [5.41, 5.74) is -0.0729. The number of furan rings is 1. The third-order valence-electron chi connectivity index (χ3n) is 3.93. The molecule has 0 bridgehead atoms. The number of nitrogens with one attached hydrogen (secondary N) is 1. The predicted molar refractivity (Wildman–Crippen MR) is 76.9 cm³/mol. The zero-order chi connectivity index (χ0) is 14.3. The van der Waals surface area contributed by atoms with E-state index in [1.54, 1.807) is 12.1 Å². The molecule has 1 aromatic heterocycles. The maximum Gasteiger partial charge on any atom is 0.287 e. The molecule has 1 aromatic carbocycles. The smallest absolute Gasteiger partial charge is 0.287 e. The minimum Gasteiger partial charge on any atom is -0.449 e. The number of aliphatic hydroxyl groups excluding tert-OH is 1. The van der Waals surface area contributed by atoms with E-state index < -0.39 is 5.54 Å². The third-order valence-corrected chi connectivity index (χ3v) is 4.22. The highest BCUT2D eigenvalue weighted by Crippen LogP contribution is 2.39. The summed E-state index contributed by atoms with van der Waals surface area (Å²) >= 11 is 6.03. The van der Waals surface area contributed by atoms with Crippen molar-refractivity contribution in [3.05, 3.63) is 35.0 Å². The van der Waals surface area contributed by atoms with Gasteiger partial charge < -0.3 is 14.8 Å². The number of fused-ring (bicyclic) bond motifs is 1. The number of hydrogen-bond donors (Lipinski definition) is 2. The Hall–Kier alpha value is -1.52. The molecule has 4 nitrogen and oxygen atoms in total. The van der Waals surface area contributed by atoms with Crippen LogP contribution in [0.5, 0.6) is 0 Å². The van der Waals surface area contributed by atoms with Crippen molar-refractivity contribution in [1.29, 1.82) is 0 Å². The van der Waals surface area contributed by atoms with Gasteiger partial charge in [-0.05, 0) is 37.8 Å². The van der Waals surface area contributed by atoms with Crippen molar-refractivity contribution in [3.8, 4) is 0 Å². The maximum atomic E-state index is 12.3. The van der Waals surface area contributed by atoms with Crippen LogP contribution in [0.2, 0.25) is 5.02 Å². The lowest BCUT2D eigenvalue weighted by Gasteiger charge is -2.28. The molecular formula is C15H16ClNO3. The van der Waals surface area contributed by atoms with Gasteiger partial charge in [0.25, 0.3) is 5.91 Å². The number of aliphatic hydroxyl groups is 1. The van der Waals surface area contributed by atoms with E-state index in [4.69, 9.17) is 16.0 Å². The highest BCUT2D eigenvalue weighted by Gasteiger charge is 2.42. The van der Waals surface area contributed by atoms with Gasteiger partial charge >= 0.3 is 0 Å². The molecule has 1 amide bonds. The fraction of sp³-hybridized carbons (Fsp3) is 0.400. The second-order valence-electron chi connectivity index (χ2n) is 5.57. The van der Waals surface area contributed by atoms with Crippen LogP contribution in [-0.4, -0.2) is 23.2 Å². The monoisotopic (exact) mass is 293 g/mol. The van der Waals surface area contributed by atoms with E-state index >= 15 is 0 Å². The second-order valence-corrected chi connectivity index (χ2v) is 5.98. The van der Waals surface area contributed by atoms with Crippen LogP contribution >= 0.6 is 11.6 Å². The van der Waals surface area contributed by atoms with Crippen molar-refractivity contribution < 1.29 is 14.3 Å². The maximum absolute atomic E-state index is 12.3. The first-order valence-electron chi connectivity index (χ1n) is 6.65. The van der Waals surface area contributed by atoms with Gasteiger partial charge in [-0.1, -0.05) is 23.7 Å². The molecule has 1 fully saturated rings. The molecule has 3 rings (SSSR count). The highest BCUT2D eigenvalue weighted by atomic mass is 35.5. The van der Waals surface area contributed by atoms with Crippen molar-refractivity contribution >= 4 is 28.5 Å². The van der Waals surface area contributed by atoms with Gasteiger partial charge in [-0.25, -0.2) is 0 Å². The Morgan fingerprint density at radius 2 is 2.30 bits per heavy atom. The van der Waals surface area contributed by atoms with Crippen molar-refractivity contribution in [2.75, 3.05) is 6.61 Å². The lowest BCUT2D eigenvalue weighted by Crippen LogP contribution is -2.50. The number of carbonyl (C=O) groups is 1. The summed E-state index contributed by atoms with van der Waals surface area (Å²) in [5, 5.41) is 13.7. The van der Waals surface area contributed by atoms with Gasteiger partial charge in [0.05, 0.1) is 17.2 Å². The van der Waals surface area contributed by atoms with Crippen molar-refractivity contribution in [2.45, 2.75) is 25.3 Å². The number of carbonyl (C=O) groups excluding carboxylic acids is 1. The molecule has 1 heterocycles. The molecule has 2 aromatic rings. The largest absolute Gasteiger partial charge is 0.449 e. The molecule has 1 aliphatic carbocycles. The van der Waals surface area contributed by atoms with E-state index in [9.17, 15) is 9.90 Å². The van der Waals surface area contributed by atoms with Crippen LogP contribution in [0.4, 0.5) is 0 Å². The molecule has 20 heavy (non-hydrogen) atoms. The zero-order valence-electron chi connectivity index (χ0n) is 11.1. The summed E-state index contributed by atoms with van der Waals surface area (Å²) in [6.07, 6.45) is 2.06. The fourth-order valence-corrected chi connectivity index (χ4v) is 2.67. The molecule has 1 unspecified atom stereocenters. The molecule has 5 heteroatoms. The number of halogens is 1. The first kappa shape index (κ1) is 13.5. The summed E-state index contributed by atoms with van der Waals surface area (Å²) in [5.74, 6) is 0.235. The Balaban J connectivity index is 1.87. The molecule has 1 aliphatic rings. The number of benzene rings is 1. The molecule has 1 saturated carbocycles. The predicted octanol–water partition coefficient (Wildman–Crippen LogP) is 2.98. The van der Waals surface area contributed by atoms with Crippen molar-refractivity contribution in [2.24, 2.45) is 5.92 Å². The van der Waals surface area contributed by atoms with Crippen LogP contribution in [0.1, 0.15) is 30.3 Å². The lowest BCUT2D eigenvalue weighted by atomic mass is 9.97. The van der Waals surface area contributed by atoms with Gasteiger partial charge in [0.15, 0.2) is 11.3 Å². The average molecular weight is 294 g/mol. The van der Waals surface area contributed by atoms with Gasteiger partial charge in [0.2, 0.25) is 0 Å². The van der Waals surface area contributed by atoms with Crippen LogP contribution < -0.4 is 5.32 Å². The van der Waals surface area contributed by atoms with E-state index in [1.807, 2.05) is 19.1 Å². The Morgan fingerprint density at radius 1 is 1.55 bits per heavy atom. The summed E-state index contributed by atoms with van der Waals surface area (Å²) < 4.78 is 5.53. The van der Waals surface area contributed by atoms with Crippen LogP contribution in [0.3, 0.4) is 0 Å². The topological polar surface area (TPSA) is 62.5 Å². The molecule has 0 spiro atoms. The lowest BCUT2D eigenvalue weighted by molar-refractivity contribution is 0.0799. The number of para-hydroxylation sites is 1. The fourth-order valence-electron chi connectivity index (χ4n) is 2.45. The van der Waals surface area contributed by atoms with Gasteiger partial charge in [-0.3, -0.25) is 4.79 Å². The summed E-state index contributed by atoms with van der Waals surface area (Å²) in [6.45, 7) is 1.78. The Morgan fingerprint density at radius 3 is 2.90 bits per heavy atom.